The average Bonchev–Trinajstić information content (AvgIpc) is 2.05. The van der Waals surface area contributed by atoms with Gasteiger partial charge < -0.3 is 5.11 Å². The molecular formula is C10H11BrO2. The Bertz CT molecular complexity index is 293. The Kier molecular flexibility index (Phi) is 3.09. The third-order valence-corrected chi connectivity index (χ3v) is 2.44. The largest absolute Gasteiger partial charge is 0.480 e. The molecule has 0 fully saturated rings. The first-order valence-electron chi connectivity index (χ1n) is 3.98. The molecule has 0 aromatic heterocycles. The van der Waals surface area contributed by atoms with Crippen LogP contribution < -0.4 is 0 Å². The molecule has 3 heteroatoms. The molecule has 0 aliphatic heterocycles. The first kappa shape index (κ1) is 10.3. The van der Waals surface area contributed by atoms with E-state index in [-0.39, 0.29) is 0 Å². The Hall–Kier alpha value is -0.830. The zero-order valence-electron chi connectivity index (χ0n) is 7.33. The van der Waals surface area contributed by atoms with Crippen LogP contribution >= 0.6 is 15.9 Å². The molecule has 0 saturated carbocycles. The first-order valence-corrected chi connectivity index (χ1v) is 4.78. The number of alkyl halides is 1. The lowest BCUT2D eigenvalue weighted by molar-refractivity contribution is -0.139. The summed E-state index contributed by atoms with van der Waals surface area (Å²) in [6.07, 6.45) is 0.489. The molecule has 1 aromatic rings. The average molecular weight is 243 g/mol. The highest BCUT2D eigenvalue weighted by atomic mass is 79.9. The molecule has 1 N–H and O–H groups in total. The van der Waals surface area contributed by atoms with Crippen LogP contribution in [0.15, 0.2) is 30.3 Å². The predicted molar refractivity (Wildman–Crippen MR) is 55.1 cm³/mol. The second kappa shape index (κ2) is 3.92. The molecule has 1 aromatic carbocycles. The van der Waals surface area contributed by atoms with Crippen molar-refractivity contribution in [1.29, 1.82) is 0 Å². The summed E-state index contributed by atoms with van der Waals surface area (Å²) in [6.45, 7) is 1.66. The summed E-state index contributed by atoms with van der Waals surface area (Å²) in [5, 5.41) is 8.86. The van der Waals surface area contributed by atoms with E-state index in [1.165, 1.54) is 0 Å². The van der Waals surface area contributed by atoms with Gasteiger partial charge in [0.1, 0.15) is 4.32 Å². The zero-order valence-corrected chi connectivity index (χ0v) is 8.91. The molecule has 0 heterocycles. The minimum Gasteiger partial charge on any atom is -0.480 e. The van der Waals surface area contributed by atoms with E-state index in [2.05, 4.69) is 15.9 Å². The van der Waals surface area contributed by atoms with Crippen molar-refractivity contribution in [3.8, 4) is 0 Å². The van der Waals surface area contributed by atoms with Crippen LogP contribution in [-0.4, -0.2) is 15.4 Å². The van der Waals surface area contributed by atoms with Gasteiger partial charge in [-0.2, -0.15) is 0 Å². The fraction of sp³-hybridized carbons (Fsp3) is 0.300. The highest BCUT2D eigenvalue weighted by molar-refractivity contribution is 9.10. The van der Waals surface area contributed by atoms with Gasteiger partial charge in [0.15, 0.2) is 0 Å². The third kappa shape index (κ3) is 2.84. The van der Waals surface area contributed by atoms with Crippen LogP contribution in [0.3, 0.4) is 0 Å². The molecule has 70 valence electrons. The zero-order chi connectivity index (χ0) is 9.90. The molecule has 0 saturated heterocycles. The minimum absolute atomic E-state index is 0.489. The van der Waals surface area contributed by atoms with Crippen LogP contribution in [0.4, 0.5) is 0 Å². The normalized spacial score (nSPS) is 14.9. The van der Waals surface area contributed by atoms with Crippen molar-refractivity contribution in [3.63, 3.8) is 0 Å². The van der Waals surface area contributed by atoms with E-state index in [1.54, 1.807) is 6.92 Å². The van der Waals surface area contributed by atoms with Gasteiger partial charge in [-0.05, 0) is 18.9 Å². The fourth-order valence-electron chi connectivity index (χ4n) is 1.05. The van der Waals surface area contributed by atoms with Crippen LogP contribution in [0.25, 0.3) is 0 Å². The third-order valence-electron chi connectivity index (χ3n) is 1.82. The molecular weight excluding hydrogens is 232 g/mol. The van der Waals surface area contributed by atoms with E-state index < -0.39 is 10.3 Å². The molecule has 1 rings (SSSR count). The summed E-state index contributed by atoms with van der Waals surface area (Å²) >= 11 is 3.18. The number of aliphatic carboxylic acids is 1. The van der Waals surface area contributed by atoms with Gasteiger partial charge in [-0.15, -0.1) is 0 Å². The van der Waals surface area contributed by atoms with Crippen molar-refractivity contribution in [2.75, 3.05) is 0 Å². The van der Waals surface area contributed by atoms with Crippen LogP contribution in [-0.2, 0) is 11.2 Å². The number of rotatable bonds is 3. The Morgan fingerprint density at radius 3 is 2.46 bits per heavy atom. The van der Waals surface area contributed by atoms with Gasteiger partial charge in [-0.25, -0.2) is 0 Å². The van der Waals surface area contributed by atoms with Crippen molar-refractivity contribution in [2.24, 2.45) is 0 Å². The molecule has 0 spiro atoms. The Balaban J connectivity index is 2.75. The molecule has 0 aliphatic carbocycles. The van der Waals surface area contributed by atoms with Gasteiger partial charge in [0.25, 0.3) is 0 Å². The van der Waals surface area contributed by atoms with Gasteiger partial charge in [0, 0.05) is 0 Å². The maximum atomic E-state index is 10.8. The Morgan fingerprint density at radius 1 is 1.46 bits per heavy atom. The molecule has 0 bridgehead atoms. The van der Waals surface area contributed by atoms with E-state index in [0.29, 0.717) is 6.42 Å². The summed E-state index contributed by atoms with van der Waals surface area (Å²) in [5.41, 5.74) is 1.02. The number of benzene rings is 1. The van der Waals surface area contributed by atoms with E-state index in [1.807, 2.05) is 30.3 Å². The Morgan fingerprint density at radius 2 is 2.00 bits per heavy atom. The monoisotopic (exact) mass is 242 g/mol. The standard InChI is InChI=1S/C10H11BrO2/c1-10(11,9(12)13)7-8-5-3-2-4-6-8/h2-6H,7H2,1H3,(H,12,13)/t10-/m0/s1. The quantitative estimate of drug-likeness (QED) is 0.828. The fourth-order valence-corrected chi connectivity index (χ4v) is 1.38. The number of hydrogen-bond acceptors (Lipinski definition) is 1. The number of halogens is 1. The van der Waals surface area contributed by atoms with E-state index in [4.69, 9.17) is 5.11 Å². The van der Waals surface area contributed by atoms with Gasteiger partial charge in [-0.3, -0.25) is 4.79 Å². The number of carbonyl (C=O) groups is 1. The number of carboxylic acids is 1. The van der Waals surface area contributed by atoms with Gasteiger partial charge >= 0.3 is 5.97 Å². The van der Waals surface area contributed by atoms with Crippen LogP contribution in [0.2, 0.25) is 0 Å². The molecule has 2 nitrogen and oxygen atoms in total. The van der Waals surface area contributed by atoms with Gasteiger partial charge in [-0.1, -0.05) is 46.3 Å². The Labute approximate surface area is 85.7 Å². The van der Waals surface area contributed by atoms with Crippen LogP contribution in [0, 0.1) is 0 Å². The minimum atomic E-state index is -0.867. The van der Waals surface area contributed by atoms with E-state index >= 15 is 0 Å². The van der Waals surface area contributed by atoms with Crippen molar-refractivity contribution in [1.82, 2.24) is 0 Å². The smallest absolute Gasteiger partial charge is 0.320 e. The summed E-state index contributed by atoms with van der Waals surface area (Å²) < 4.78 is -0.867. The summed E-state index contributed by atoms with van der Waals surface area (Å²) in [4.78, 5) is 10.8. The molecule has 13 heavy (non-hydrogen) atoms. The first-order chi connectivity index (χ1) is 6.02. The van der Waals surface area contributed by atoms with Crippen LogP contribution in [0.1, 0.15) is 12.5 Å². The second-order valence-corrected chi connectivity index (χ2v) is 4.92. The van der Waals surface area contributed by atoms with Crippen LogP contribution in [0.5, 0.6) is 0 Å². The highest BCUT2D eigenvalue weighted by Crippen LogP contribution is 2.22. The maximum absolute atomic E-state index is 10.8. The maximum Gasteiger partial charge on any atom is 0.320 e. The predicted octanol–water partition coefficient (Wildman–Crippen LogP) is 2.47. The van der Waals surface area contributed by atoms with E-state index in [9.17, 15) is 4.79 Å². The molecule has 0 aliphatic rings. The number of hydrogen-bond donors (Lipinski definition) is 1. The summed E-state index contributed by atoms with van der Waals surface area (Å²) in [5.74, 6) is -0.837. The lowest BCUT2D eigenvalue weighted by Gasteiger charge is -2.16. The lowest BCUT2D eigenvalue weighted by atomic mass is 10.0. The van der Waals surface area contributed by atoms with Crippen molar-refractivity contribution in [3.05, 3.63) is 35.9 Å². The molecule has 1 atom stereocenters. The lowest BCUT2D eigenvalue weighted by Crippen LogP contribution is -2.30. The second-order valence-electron chi connectivity index (χ2n) is 3.16. The number of carboxylic acid groups (broad SMARTS) is 1. The molecule has 0 unspecified atom stereocenters. The SMILES string of the molecule is C[C@](Br)(Cc1ccccc1)C(=O)O. The topological polar surface area (TPSA) is 37.3 Å². The van der Waals surface area contributed by atoms with Gasteiger partial charge in [0.05, 0.1) is 0 Å². The highest BCUT2D eigenvalue weighted by Gasteiger charge is 2.29. The summed E-state index contributed by atoms with van der Waals surface area (Å²) in [7, 11) is 0. The van der Waals surface area contributed by atoms with Crippen molar-refractivity contribution < 1.29 is 9.90 Å². The molecule has 0 radical (unpaired) electrons. The van der Waals surface area contributed by atoms with Gasteiger partial charge in [0.2, 0.25) is 0 Å². The summed E-state index contributed by atoms with van der Waals surface area (Å²) in [6, 6.07) is 9.56. The molecule has 0 amide bonds. The van der Waals surface area contributed by atoms with Crippen molar-refractivity contribution in [2.45, 2.75) is 17.7 Å². The van der Waals surface area contributed by atoms with E-state index in [0.717, 1.165) is 5.56 Å². The van der Waals surface area contributed by atoms with Crippen molar-refractivity contribution >= 4 is 21.9 Å².